The van der Waals surface area contributed by atoms with Gasteiger partial charge in [-0.15, -0.1) is 11.3 Å². The molecule has 142 valence electrons. The van der Waals surface area contributed by atoms with Gasteiger partial charge in [0.25, 0.3) is 5.91 Å². The minimum Gasteiger partial charge on any atom is -0.480 e. The molecule has 1 aliphatic heterocycles. The summed E-state index contributed by atoms with van der Waals surface area (Å²) in [5.41, 5.74) is 2.76. The molecule has 2 heterocycles. The Hall–Kier alpha value is -1.52. The van der Waals surface area contributed by atoms with Crippen LogP contribution >= 0.6 is 27.3 Å². The highest BCUT2D eigenvalue weighted by atomic mass is 79.9. The van der Waals surface area contributed by atoms with Crippen molar-refractivity contribution in [1.29, 1.82) is 0 Å². The maximum atomic E-state index is 13.0. The number of carbonyl (C=O) groups excluding carboxylic acids is 2. The normalized spacial score (nSPS) is 26.2. The predicted octanol–water partition coefficient (Wildman–Crippen LogP) is 1.17. The first kappa shape index (κ1) is 19.2. The van der Waals surface area contributed by atoms with Crippen molar-refractivity contribution in [2.45, 2.75) is 44.7 Å². The van der Waals surface area contributed by atoms with E-state index in [-0.39, 0.29) is 24.2 Å². The van der Waals surface area contributed by atoms with Crippen LogP contribution in [-0.4, -0.2) is 51.5 Å². The Kier molecular flexibility index (Phi) is 5.93. The van der Waals surface area contributed by atoms with Crippen LogP contribution in [-0.2, 0) is 20.8 Å². The zero-order chi connectivity index (χ0) is 18.8. The van der Waals surface area contributed by atoms with Gasteiger partial charge in [0, 0.05) is 24.3 Å². The van der Waals surface area contributed by atoms with E-state index in [4.69, 9.17) is 0 Å². The van der Waals surface area contributed by atoms with Gasteiger partial charge in [-0.3, -0.25) is 19.4 Å². The number of carboxylic acid groups (broad SMARTS) is 1. The van der Waals surface area contributed by atoms with Crippen molar-refractivity contribution in [1.82, 2.24) is 20.7 Å². The number of amides is 2. The fourth-order valence-corrected chi connectivity index (χ4v) is 4.35. The number of carbonyl (C=O) groups is 3. The Labute approximate surface area is 163 Å². The van der Waals surface area contributed by atoms with E-state index in [1.165, 1.54) is 16.3 Å². The lowest BCUT2D eigenvalue weighted by atomic mass is 10.1. The summed E-state index contributed by atoms with van der Waals surface area (Å²) in [4.78, 5) is 40.8. The molecule has 0 radical (unpaired) electrons. The first-order valence-corrected chi connectivity index (χ1v) is 10.2. The standard InChI is InChI=1S/C16H21BrN4O4S/c1-8-5-9(8)14(22)18-11(6-13-19-12(17)7-26-13)15(23)21-4-2-3-10(20-21)16(24)25/h7-11,20H,2-6H2,1H3,(H,18,22)(H,24,25)/t8-,9-,10-,11-/m0/s1. The fraction of sp³-hybridized carbons (Fsp3) is 0.625. The monoisotopic (exact) mass is 444 g/mol. The van der Waals surface area contributed by atoms with Crippen LogP contribution in [0.15, 0.2) is 9.98 Å². The second-order valence-corrected chi connectivity index (χ2v) is 8.56. The first-order chi connectivity index (χ1) is 12.3. The Morgan fingerprint density at radius 3 is 2.85 bits per heavy atom. The van der Waals surface area contributed by atoms with Crippen LogP contribution in [0.4, 0.5) is 0 Å². The molecular weight excluding hydrogens is 424 g/mol. The molecule has 1 aromatic heterocycles. The van der Waals surface area contributed by atoms with E-state index in [9.17, 15) is 19.5 Å². The van der Waals surface area contributed by atoms with Crippen LogP contribution in [0.1, 0.15) is 31.2 Å². The van der Waals surface area contributed by atoms with Crippen molar-refractivity contribution >= 4 is 45.1 Å². The summed E-state index contributed by atoms with van der Waals surface area (Å²) < 4.78 is 0.688. The van der Waals surface area contributed by atoms with Crippen molar-refractivity contribution in [3.8, 4) is 0 Å². The molecule has 26 heavy (non-hydrogen) atoms. The molecule has 0 spiro atoms. The molecule has 3 N–H and O–H groups in total. The molecule has 2 amide bonds. The second-order valence-electron chi connectivity index (χ2n) is 6.80. The number of aliphatic carboxylic acids is 1. The summed E-state index contributed by atoms with van der Waals surface area (Å²) in [5, 5.41) is 15.9. The number of hydrogen-bond donors (Lipinski definition) is 3. The lowest BCUT2D eigenvalue weighted by molar-refractivity contribution is -0.148. The van der Waals surface area contributed by atoms with Gasteiger partial charge in [0.05, 0.1) is 5.01 Å². The molecule has 0 unspecified atom stereocenters. The van der Waals surface area contributed by atoms with Crippen molar-refractivity contribution in [2.75, 3.05) is 6.54 Å². The molecule has 1 aliphatic carbocycles. The number of carboxylic acids is 1. The molecule has 1 saturated heterocycles. The van der Waals surface area contributed by atoms with Crippen LogP contribution in [0.25, 0.3) is 0 Å². The van der Waals surface area contributed by atoms with Crippen LogP contribution < -0.4 is 10.7 Å². The van der Waals surface area contributed by atoms with Crippen LogP contribution in [0, 0.1) is 11.8 Å². The lowest BCUT2D eigenvalue weighted by Crippen LogP contribution is -2.60. The molecular formula is C16H21BrN4O4S. The van der Waals surface area contributed by atoms with Crippen molar-refractivity contribution in [3.63, 3.8) is 0 Å². The van der Waals surface area contributed by atoms with E-state index in [0.717, 1.165) is 11.4 Å². The Morgan fingerprint density at radius 2 is 2.27 bits per heavy atom. The third kappa shape index (κ3) is 4.60. The highest BCUT2D eigenvalue weighted by Gasteiger charge is 2.41. The van der Waals surface area contributed by atoms with Gasteiger partial charge in [0.2, 0.25) is 5.91 Å². The maximum Gasteiger partial charge on any atom is 0.322 e. The second kappa shape index (κ2) is 8.01. The zero-order valence-electron chi connectivity index (χ0n) is 14.3. The molecule has 3 rings (SSSR count). The molecule has 2 fully saturated rings. The van der Waals surface area contributed by atoms with Crippen molar-refractivity contribution in [2.24, 2.45) is 11.8 Å². The number of rotatable bonds is 6. The quantitative estimate of drug-likeness (QED) is 0.606. The Bertz CT molecular complexity index is 712. The average molecular weight is 445 g/mol. The van der Waals surface area contributed by atoms with E-state index < -0.39 is 18.1 Å². The van der Waals surface area contributed by atoms with Gasteiger partial charge in [0.1, 0.15) is 16.7 Å². The predicted molar refractivity (Wildman–Crippen MR) is 98.2 cm³/mol. The summed E-state index contributed by atoms with van der Waals surface area (Å²) in [6.07, 6.45) is 2.17. The maximum absolute atomic E-state index is 13.0. The number of halogens is 1. The number of hydrogen-bond acceptors (Lipinski definition) is 6. The summed E-state index contributed by atoms with van der Waals surface area (Å²) >= 11 is 4.69. The van der Waals surface area contributed by atoms with Crippen LogP contribution in [0.2, 0.25) is 0 Å². The van der Waals surface area contributed by atoms with Crippen LogP contribution in [0.5, 0.6) is 0 Å². The topological polar surface area (TPSA) is 112 Å². The highest BCUT2D eigenvalue weighted by Crippen LogP contribution is 2.37. The molecule has 1 aromatic rings. The van der Waals surface area contributed by atoms with Crippen molar-refractivity contribution < 1.29 is 19.5 Å². The molecule has 4 atom stereocenters. The van der Waals surface area contributed by atoms with Crippen molar-refractivity contribution in [3.05, 3.63) is 15.0 Å². The number of aromatic nitrogens is 1. The summed E-state index contributed by atoms with van der Waals surface area (Å²) in [6, 6.07) is -1.56. The van der Waals surface area contributed by atoms with Gasteiger partial charge in [-0.25, -0.2) is 10.4 Å². The van der Waals surface area contributed by atoms with E-state index in [1.54, 1.807) is 0 Å². The largest absolute Gasteiger partial charge is 0.480 e. The summed E-state index contributed by atoms with van der Waals surface area (Å²) in [5.74, 6) is -1.15. The van der Waals surface area contributed by atoms with Gasteiger partial charge in [-0.1, -0.05) is 6.92 Å². The minimum absolute atomic E-state index is 0.0468. The Morgan fingerprint density at radius 1 is 1.54 bits per heavy atom. The highest BCUT2D eigenvalue weighted by molar-refractivity contribution is 9.10. The van der Waals surface area contributed by atoms with Gasteiger partial charge >= 0.3 is 5.97 Å². The van der Waals surface area contributed by atoms with E-state index >= 15 is 0 Å². The molecule has 0 aromatic carbocycles. The van der Waals surface area contributed by atoms with E-state index in [1.807, 2.05) is 12.3 Å². The SMILES string of the molecule is C[C@H]1C[C@@H]1C(=O)N[C@@H](Cc1nc(Br)cs1)C(=O)N1CCC[C@@H](C(=O)O)N1. The summed E-state index contributed by atoms with van der Waals surface area (Å²) in [7, 11) is 0. The fourth-order valence-electron chi connectivity index (χ4n) is 3.03. The smallest absolute Gasteiger partial charge is 0.322 e. The minimum atomic E-state index is -0.987. The lowest BCUT2D eigenvalue weighted by Gasteiger charge is -2.34. The number of nitrogens with zero attached hydrogens (tertiary/aromatic N) is 2. The molecule has 0 bridgehead atoms. The number of thiazole rings is 1. The average Bonchev–Trinajstić information content (AvgIpc) is 3.21. The van der Waals surface area contributed by atoms with E-state index in [2.05, 4.69) is 31.7 Å². The van der Waals surface area contributed by atoms with E-state index in [0.29, 0.717) is 29.9 Å². The third-order valence-electron chi connectivity index (χ3n) is 4.71. The van der Waals surface area contributed by atoms with Gasteiger partial charge < -0.3 is 10.4 Å². The molecule has 2 aliphatic rings. The van der Waals surface area contributed by atoms with Gasteiger partial charge in [-0.2, -0.15) is 0 Å². The Balaban J connectivity index is 1.71. The van der Waals surface area contributed by atoms with Gasteiger partial charge in [0.15, 0.2) is 0 Å². The van der Waals surface area contributed by atoms with Gasteiger partial charge in [-0.05, 0) is 41.1 Å². The molecule has 1 saturated carbocycles. The molecule has 10 heteroatoms. The molecule has 8 nitrogen and oxygen atoms in total. The number of nitrogens with one attached hydrogen (secondary N) is 2. The number of hydrazine groups is 1. The first-order valence-electron chi connectivity index (χ1n) is 8.55. The zero-order valence-corrected chi connectivity index (χ0v) is 16.7. The van der Waals surface area contributed by atoms with Crippen LogP contribution in [0.3, 0.4) is 0 Å². The third-order valence-corrected chi connectivity index (χ3v) is 6.29. The summed E-state index contributed by atoms with van der Waals surface area (Å²) in [6.45, 7) is 2.42.